The lowest BCUT2D eigenvalue weighted by atomic mass is 10.0. The highest BCUT2D eigenvalue weighted by molar-refractivity contribution is 5.94. The molecule has 0 spiro atoms. The molecule has 1 fully saturated rings. The van der Waals surface area contributed by atoms with Gasteiger partial charge in [-0.2, -0.15) is 13.2 Å². The SMILES string of the molecule is Cc1c(Cn2c(=O)c(-c3nnn[nH]3)cn(-c3ccc(N4CCNC4=O)cc3)c2=O)cccc1C(F)(F)F. The summed E-state index contributed by atoms with van der Waals surface area (Å²) in [4.78, 5) is 40.3. The number of amides is 2. The molecule has 3 heterocycles. The Kier molecular flexibility index (Phi) is 5.85. The standard InChI is InChI=1S/C23H19F3N8O3/c1-13-14(3-2-4-18(13)23(24,25)26)11-34-20(35)17(19-28-30-31-29-19)12-33(22(34)37)16-7-5-15(6-8-16)32-10-9-27-21(32)36/h2-8,12H,9-11H2,1H3,(H,27,36)(H,28,29,30,31). The maximum atomic E-state index is 13.5. The monoisotopic (exact) mass is 512 g/mol. The van der Waals surface area contributed by atoms with Gasteiger partial charge in [-0.05, 0) is 58.8 Å². The Balaban J connectivity index is 1.63. The largest absolute Gasteiger partial charge is 0.416 e. The summed E-state index contributed by atoms with van der Waals surface area (Å²) in [7, 11) is 0. The highest BCUT2D eigenvalue weighted by Crippen LogP contribution is 2.33. The molecule has 2 N–H and O–H groups in total. The zero-order valence-corrected chi connectivity index (χ0v) is 19.3. The second-order valence-corrected chi connectivity index (χ2v) is 8.32. The van der Waals surface area contributed by atoms with Gasteiger partial charge in [0.1, 0.15) is 5.56 Å². The van der Waals surface area contributed by atoms with Crippen LogP contribution in [-0.2, 0) is 12.7 Å². The number of aromatic amines is 1. The summed E-state index contributed by atoms with van der Waals surface area (Å²) in [6.07, 6.45) is -3.33. The van der Waals surface area contributed by atoms with E-state index in [0.29, 0.717) is 24.5 Å². The van der Waals surface area contributed by atoms with Crippen molar-refractivity contribution in [3.8, 4) is 17.1 Å². The molecule has 1 aliphatic rings. The number of nitrogens with zero attached hydrogens (tertiary/aromatic N) is 6. The van der Waals surface area contributed by atoms with E-state index in [-0.39, 0.29) is 28.5 Å². The molecule has 0 atom stereocenters. The Bertz CT molecular complexity index is 1590. The van der Waals surface area contributed by atoms with Crippen LogP contribution in [0.2, 0.25) is 0 Å². The molecule has 2 amide bonds. The zero-order valence-electron chi connectivity index (χ0n) is 19.3. The smallest absolute Gasteiger partial charge is 0.336 e. The summed E-state index contributed by atoms with van der Waals surface area (Å²) in [5, 5.41) is 15.9. The van der Waals surface area contributed by atoms with E-state index in [0.717, 1.165) is 10.6 Å². The number of benzene rings is 2. The molecule has 37 heavy (non-hydrogen) atoms. The second kappa shape index (κ2) is 9.04. The van der Waals surface area contributed by atoms with Gasteiger partial charge in [0.15, 0.2) is 5.82 Å². The van der Waals surface area contributed by atoms with Crippen LogP contribution in [0.3, 0.4) is 0 Å². The number of tetrazole rings is 1. The highest BCUT2D eigenvalue weighted by atomic mass is 19.4. The van der Waals surface area contributed by atoms with Crippen molar-refractivity contribution in [2.45, 2.75) is 19.6 Å². The lowest BCUT2D eigenvalue weighted by Crippen LogP contribution is -2.40. The van der Waals surface area contributed by atoms with Crippen molar-refractivity contribution in [3.05, 3.63) is 86.2 Å². The van der Waals surface area contributed by atoms with E-state index in [1.54, 1.807) is 24.3 Å². The van der Waals surface area contributed by atoms with Crippen LogP contribution in [0.25, 0.3) is 17.1 Å². The molecule has 2 aromatic carbocycles. The van der Waals surface area contributed by atoms with Crippen LogP contribution in [0.4, 0.5) is 23.7 Å². The van der Waals surface area contributed by atoms with E-state index in [1.807, 2.05) is 0 Å². The quantitative estimate of drug-likeness (QED) is 0.421. The van der Waals surface area contributed by atoms with E-state index in [1.165, 1.54) is 34.7 Å². The molecular formula is C23H19F3N8O3. The third kappa shape index (κ3) is 4.37. The summed E-state index contributed by atoms with van der Waals surface area (Å²) in [6, 6.07) is 9.84. The fourth-order valence-electron chi connectivity index (χ4n) is 4.21. The van der Waals surface area contributed by atoms with Gasteiger partial charge in [-0.1, -0.05) is 12.1 Å². The number of aromatic nitrogens is 6. The molecule has 0 bridgehead atoms. The van der Waals surface area contributed by atoms with Crippen LogP contribution in [0.1, 0.15) is 16.7 Å². The van der Waals surface area contributed by atoms with Gasteiger partial charge in [0.25, 0.3) is 5.56 Å². The summed E-state index contributed by atoms with van der Waals surface area (Å²) >= 11 is 0. The number of carbonyl (C=O) groups is 1. The Labute approximate surface area is 206 Å². The van der Waals surface area contributed by atoms with Crippen LogP contribution in [-0.4, -0.2) is 48.9 Å². The van der Waals surface area contributed by atoms with E-state index in [2.05, 4.69) is 25.9 Å². The van der Waals surface area contributed by atoms with Gasteiger partial charge in [-0.3, -0.25) is 18.8 Å². The van der Waals surface area contributed by atoms with E-state index in [4.69, 9.17) is 0 Å². The van der Waals surface area contributed by atoms with E-state index in [9.17, 15) is 27.6 Å². The maximum absolute atomic E-state index is 13.5. The number of hydrogen-bond donors (Lipinski definition) is 2. The molecule has 14 heteroatoms. The summed E-state index contributed by atoms with van der Waals surface area (Å²) in [5.74, 6) is -0.0152. The Morgan fingerprint density at radius 3 is 2.38 bits per heavy atom. The summed E-state index contributed by atoms with van der Waals surface area (Å²) in [5.41, 5.74) is -1.42. The molecule has 0 radical (unpaired) electrons. The molecule has 1 saturated heterocycles. The average molecular weight is 512 g/mol. The molecular weight excluding hydrogens is 493 g/mol. The minimum atomic E-state index is -4.59. The molecule has 0 saturated carbocycles. The maximum Gasteiger partial charge on any atom is 0.416 e. The van der Waals surface area contributed by atoms with Gasteiger partial charge < -0.3 is 5.32 Å². The van der Waals surface area contributed by atoms with Gasteiger partial charge in [0.2, 0.25) is 0 Å². The number of H-pyrrole nitrogens is 1. The normalized spacial score (nSPS) is 13.7. The van der Waals surface area contributed by atoms with Gasteiger partial charge in [-0.15, -0.1) is 5.10 Å². The molecule has 0 aliphatic carbocycles. The van der Waals surface area contributed by atoms with Crippen molar-refractivity contribution in [2.75, 3.05) is 18.0 Å². The number of halogens is 3. The molecule has 11 nitrogen and oxygen atoms in total. The van der Waals surface area contributed by atoms with Crippen LogP contribution in [0, 0.1) is 6.92 Å². The Morgan fingerprint density at radius 2 is 1.76 bits per heavy atom. The first kappa shape index (κ1) is 24.0. The number of alkyl halides is 3. The minimum absolute atomic E-state index is 0.0152. The lowest BCUT2D eigenvalue weighted by molar-refractivity contribution is -0.138. The zero-order chi connectivity index (χ0) is 26.3. The lowest BCUT2D eigenvalue weighted by Gasteiger charge is -2.17. The van der Waals surface area contributed by atoms with Crippen molar-refractivity contribution in [1.82, 2.24) is 35.1 Å². The predicted octanol–water partition coefficient (Wildman–Crippen LogP) is 2.08. The average Bonchev–Trinajstić information content (AvgIpc) is 3.54. The van der Waals surface area contributed by atoms with E-state index < -0.39 is 29.5 Å². The van der Waals surface area contributed by atoms with Crippen LogP contribution >= 0.6 is 0 Å². The third-order valence-electron chi connectivity index (χ3n) is 6.15. The van der Waals surface area contributed by atoms with Gasteiger partial charge in [-0.25, -0.2) is 14.7 Å². The number of hydrogen-bond acceptors (Lipinski definition) is 6. The van der Waals surface area contributed by atoms with Crippen LogP contribution in [0.5, 0.6) is 0 Å². The summed E-state index contributed by atoms with van der Waals surface area (Å²) < 4.78 is 42.3. The van der Waals surface area contributed by atoms with Crippen molar-refractivity contribution >= 4 is 11.7 Å². The van der Waals surface area contributed by atoms with Gasteiger partial charge in [0, 0.05) is 25.0 Å². The Hall–Kier alpha value is -4.75. The first-order valence-electron chi connectivity index (χ1n) is 11.1. The minimum Gasteiger partial charge on any atom is -0.336 e. The molecule has 4 aromatic rings. The topological polar surface area (TPSA) is 131 Å². The molecule has 1 aliphatic heterocycles. The number of urea groups is 1. The van der Waals surface area contributed by atoms with Crippen LogP contribution < -0.4 is 21.5 Å². The fourth-order valence-corrected chi connectivity index (χ4v) is 4.21. The van der Waals surface area contributed by atoms with Crippen molar-refractivity contribution in [2.24, 2.45) is 0 Å². The summed E-state index contributed by atoms with van der Waals surface area (Å²) in [6.45, 7) is 1.88. The third-order valence-corrected chi connectivity index (χ3v) is 6.15. The number of carbonyl (C=O) groups excluding carboxylic acids is 1. The van der Waals surface area contributed by atoms with Crippen molar-refractivity contribution < 1.29 is 18.0 Å². The van der Waals surface area contributed by atoms with Crippen molar-refractivity contribution in [3.63, 3.8) is 0 Å². The van der Waals surface area contributed by atoms with Crippen molar-refractivity contribution in [1.29, 1.82) is 0 Å². The van der Waals surface area contributed by atoms with E-state index >= 15 is 0 Å². The molecule has 0 unspecified atom stereocenters. The second-order valence-electron chi connectivity index (χ2n) is 8.32. The Morgan fingerprint density at radius 1 is 1.03 bits per heavy atom. The van der Waals surface area contributed by atoms with Gasteiger partial charge in [0.05, 0.1) is 17.8 Å². The molecule has 5 rings (SSSR count). The highest BCUT2D eigenvalue weighted by Gasteiger charge is 2.33. The van der Waals surface area contributed by atoms with Gasteiger partial charge >= 0.3 is 17.9 Å². The van der Waals surface area contributed by atoms with Crippen LogP contribution in [0.15, 0.2) is 58.3 Å². The number of rotatable bonds is 5. The first-order valence-corrected chi connectivity index (χ1v) is 11.1. The number of nitrogens with one attached hydrogen (secondary N) is 2. The molecule has 2 aromatic heterocycles. The predicted molar refractivity (Wildman–Crippen MR) is 125 cm³/mol. The first-order chi connectivity index (χ1) is 17.6. The molecule has 190 valence electrons. The number of anilines is 1. The fraction of sp³-hybridized carbons (Fsp3) is 0.217.